The molecular formula is C22H30N2O7. The molecule has 0 saturated carbocycles. The van der Waals surface area contributed by atoms with E-state index in [1.807, 2.05) is 0 Å². The van der Waals surface area contributed by atoms with Crippen molar-refractivity contribution >= 4 is 17.8 Å². The molecule has 2 heterocycles. The average Bonchev–Trinajstić information content (AvgIpc) is 3.31. The summed E-state index contributed by atoms with van der Waals surface area (Å²) in [6, 6.07) is 2.62. The first-order valence-electron chi connectivity index (χ1n) is 10.7. The van der Waals surface area contributed by atoms with Gasteiger partial charge in [0.1, 0.15) is 11.6 Å². The van der Waals surface area contributed by atoms with Crippen molar-refractivity contribution in [2.75, 3.05) is 34.0 Å². The van der Waals surface area contributed by atoms with Crippen LogP contribution in [0.15, 0.2) is 12.1 Å². The summed E-state index contributed by atoms with van der Waals surface area (Å²) in [6.07, 6.45) is 2.40. The highest BCUT2D eigenvalue weighted by atomic mass is 16.6. The first-order valence-corrected chi connectivity index (χ1v) is 10.7. The van der Waals surface area contributed by atoms with Crippen molar-refractivity contribution in [3.63, 3.8) is 0 Å². The van der Waals surface area contributed by atoms with Crippen LogP contribution in [-0.2, 0) is 19.1 Å². The van der Waals surface area contributed by atoms with Crippen molar-refractivity contribution < 1.29 is 33.3 Å². The van der Waals surface area contributed by atoms with Crippen LogP contribution in [0, 0.1) is 0 Å². The fourth-order valence-electron chi connectivity index (χ4n) is 3.89. The third-order valence-corrected chi connectivity index (χ3v) is 5.48. The summed E-state index contributed by atoms with van der Waals surface area (Å²) >= 11 is 0. The van der Waals surface area contributed by atoms with Gasteiger partial charge in [0.05, 0.1) is 14.2 Å². The number of cyclic esters (lactones) is 1. The molecule has 0 spiro atoms. The Balaban J connectivity index is 1.69. The first-order chi connectivity index (χ1) is 15.0. The Kier molecular flexibility index (Phi) is 7.73. The van der Waals surface area contributed by atoms with Gasteiger partial charge in [-0.05, 0) is 31.4 Å². The number of likely N-dealkylation sites (tertiary alicyclic amines) is 1. The quantitative estimate of drug-likeness (QED) is 0.421. The normalized spacial score (nSPS) is 19.9. The zero-order valence-electron chi connectivity index (χ0n) is 18.3. The van der Waals surface area contributed by atoms with Gasteiger partial charge in [0.15, 0.2) is 11.5 Å². The third kappa shape index (κ3) is 4.76. The van der Waals surface area contributed by atoms with Crippen LogP contribution < -0.4 is 14.8 Å². The minimum atomic E-state index is -0.967. The van der Waals surface area contributed by atoms with E-state index in [4.69, 9.17) is 18.9 Å². The number of nitrogens with zero attached hydrogens (tertiary/aromatic N) is 1. The molecule has 31 heavy (non-hydrogen) atoms. The third-order valence-electron chi connectivity index (χ3n) is 5.48. The predicted molar refractivity (Wildman–Crippen MR) is 111 cm³/mol. The second-order valence-corrected chi connectivity index (χ2v) is 7.49. The Morgan fingerprint density at radius 2 is 1.97 bits per heavy atom. The topological polar surface area (TPSA) is 103 Å². The van der Waals surface area contributed by atoms with Crippen LogP contribution in [-0.4, -0.2) is 62.7 Å². The van der Waals surface area contributed by atoms with Gasteiger partial charge in [0.2, 0.25) is 18.0 Å². The minimum absolute atomic E-state index is 0.217. The highest BCUT2D eigenvalue weighted by Gasteiger charge is 2.47. The van der Waals surface area contributed by atoms with Gasteiger partial charge in [-0.3, -0.25) is 14.5 Å². The lowest BCUT2D eigenvalue weighted by Crippen LogP contribution is -2.46. The number of nitrogens with one attached hydrogen (secondary N) is 1. The predicted octanol–water partition coefficient (Wildman–Crippen LogP) is 2.19. The van der Waals surface area contributed by atoms with Gasteiger partial charge >= 0.3 is 5.97 Å². The van der Waals surface area contributed by atoms with E-state index in [-0.39, 0.29) is 29.5 Å². The van der Waals surface area contributed by atoms with Crippen molar-refractivity contribution in [2.24, 2.45) is 0 Å². The zero-order valence-corrected chi connectivity index (χ0v) is 18.3. The molecule has 9 nitrogen and oxygen atoms in total. The van der Waals surface area contributed by atoms with Crippen LogP contribution in [0.3, 0.4) is 0 Å². The number of methoxy groups -OCH3 is 2. The number of hydrogen-bond donors (Lipinski definition) is 1. The van der Waals surface area contributed by atoms with Crippen LogP contribution in [0.4, 0.5) is 0 Å². The number of carbonyl (C=O) groups excluding carboxylic acids is 3. The Hall–Kier alpha value is -2.81. The molecule has 2 aliphatic heterocycles. The van der Waals surface area contributed by atoms with Gasteiger partial charge < -0.3 is 24.3 Å². The van der Waals surface area contributed by atoms with Gasteiger partial charge in [0, 0.05) is 31.7 Å². The molecular weight excluding hydrogens is 404 g/mol. The molecule has 1 aromatic carbocycles. The molecule has 2 atom stereocenters. The van der Waals surface area contributed by atoms with Crippen molar-refractivity contribution in [1.29, 1.82) is 0 Å². The maximum absolute atomic E-state index is 12.8. The summed E-state index contributed by atoms with van der Waals surface area (Å²) in [5.41, 5.74) is 0.704. The summed E-state index contributed by atoms with van der Waals surface area (Å²) < 4.78 is 21.6. The van der Waals surface area contributed by atoms with Crippen molar-refractivity contribution in [2.45, 2.75) is 51.3 Å². The van der Waals surface area contributed by atoms with Crippen LogP contribution >= 0.6 is 0 Å². The van der Waals surface area contributed by atoms with Crippen LogP contribution in [0.5, 0.6) is 11.5 Å². The van der Waals surface area contributed by atoms with Crippen molar-refractivity contribution in [3.8, 4) is 11.5 Å². The maximum Gasteiger partial charge on any atom is 0.344 e. The number of ether oxygens (including phenoxy) is 4. The summed E-state index contributed by atoms with van der Waals surface area (Å²) in [4.78, 5) is 39.3. The number of hydrogen-bond acceptors (Lipinski definition) is 7. The molecule has 2 amide bonds. The summed E-state index contributed by atoms with van der Waals surface area (Å²) in [7, 11) is 2.91. The molecule has 1 saturated heterocycles. The van der Waals surface area contributed by atoms with Gasteiger partial charge in [-0.25, -0.2) is 4.79 Å². The van der Waals surface area contributed by atoms with Crippen LogP contribution in [0.1, 0.15) is 61.2 Å². The molecule has 1 N–H and O–H groups in total. The number of unbranched alkanes of at least 4 members (excludes halogenated alkanes) is 1. The Bertz CT molecular complexity index is 826. The number of amides is 2. The molecule has 1 aromatic rings. The van der Waals surface area contributed by atoms with Crippen molar-refractivity contribution in [3.05, 3.63) is 23.3 Å². The summed E-state index contributed by atoms with van der Waals surface area (Å²) in [5, 5.41) is 2.87. The number of esters is 1. The van der Waals surface area contributed by atoms with Crippen LogP contribution in [0.25, 0.3) is 0 Å². The fraction of sp³-hybridized carbons (Fsp3) is 0.591. The SMILES string of the molecule is CCCCOCCCNC(=O)[C@@H]1CCC(=O)N1[C@H]1OC(=O)c2c1ccc(OC)c2OC. The first kappa shape index (κ1) is 22.9. The van der Waals surface area contributed by atoms with E-state index in [9.17, 15) is 14.4 Å². The smallest absolute Gasteiger partial charge is 0.344 e. The highest BCUT2D eigenvalue weighted by Crippen LogP contribution is 2.45. The zero-order chi connectivity index (χ0) is 22.4. The lowest BCUT2D eigenvalue weighted by Gasteiger charge is -2.29. The van der Waals surface area contributed by atoms with E-state index in [2.05, 4.69) is 12.2 Å². The largest absolute Gasteiger partial charge is 0.493 e. The molecule has 0 aromatic heterocycles. The van der Waals surface area contributed by atoms with E-state index in [0.717, 1.165) is 19.4 Å². The Labute approximate surface area is 182 Å². The second kappa shape index (κ2) is 10.5. The molecule has 3 rings (SSSR count). The highest BCUT2D eigenvalue weighted by molar-refractivity contribution is 5.99. The lowest BCUT2D eigenvalue weighted by atomic mass is 10.1. The minimum Gasteiger partial charge on any atom is -0.493 e. The molecule has 0 radical (unpaired) electrons. The van der Waals surface area contributed by atoms with E-state index < -0.39 is 18.2 Å². The number of carbonyl (C=O) groups is 3. The molecule has 0 aliphatic carbocycles. The molecule has 1 fully saturated rings. The average molecular weight is 434 g/mol. The molecule has 2 aliphatic rings. The van der Waals surface area contributed by atoms with E-state index in [1.54, 1.807) is 12.1 Å². The number of rotatable bonds is 11. The Morgan fingerprint density at radius 1 is 1.19 bits per heavy atom. The molecule has 0 unspecified atom stereocenters. The molecule has 9 heteroatoms. The number of benzene rings is 1. The molecule has 170 valence electrons. The lowest BCUT2D eigenvalue weighted by molar-refractivity contribution is -0.145. The summed E-state index contributed by atoms with van der Waals surface area (Å²) in [6.45, 7) is 3.85. The van der Waals surface area contributed by atoms with Gasteiger partial charge in [0.25, 0.3) is 0 Å². The fourth-order valence-corrected chi connectivity index (χ4v) is 3.89. The second-order valence-electron chi connectivity index (χ2n) is 7.49. The maximum atomic E-state index is 12.8. The van der Waals surface area contributed by atoms with Gasteiger partial charge in [-0.2, -0.15) is 0 Å². The van der Waals surface area contributed by atoms with Gasteiger partial charge in [-0.15, -0.1) is 0 Å². The van der Waals surface area contributed by atoms with Gasteiger partial charge in [-0.1, -0.05) is 13.3 Å². The molecule has 0 bridgehead atoms. The van der Waals surface area contributed by atoms with E-state index in [1.165, 1.54) is 19.1 Å². The standard InChI is InChI=1S/C22H30N2O7/c1-4-5-12-30-13-6-11-23-20(26)15-8-10-17(25)24(15)21-14-7-9-16(28-2)19(29-3)18(14)22(27)31-21/h7,9,15,21H,4-6,8,10-13H2,1-3H3,(H,23,26)/t15-,21-/m0/s1. The monoisotopic (exact) mass is 434 g/mol. The summed E-state index contributed by atoms with van der Waals surface area (Å²) in [5.74, 6) is -0.461. The van der Waals surface area contributed by atoms with Crippen LogP contribution in [0.2, 0.25) is 0 Å². The van der Waals surface area contributed by atoms with E-state index >= 15 is 0 Å². The van der Waals surface area contributed by atoms with Crippen molar-refractivity contribution in [1.82, 2.24) is 10.2 Å². The number of fused-ring (bicyclic) bond motifs is 1. The Morgan fingerprint density at radius 3 is 2.68 bits per heavy atom. The van der Waals surface area contributed by atoms with E-state index in [0.29, 0.717) is 37.3 Å².